The van der Waals surface area contributed by atoms with Crippen LogP contribution in [-0.2, 0) is 4.74 Å². The lowest BCUT2D eigenvalue weighted by Gasteiger charge is -2.34. The molecule has 1 atom stereocenters. The number of nitrogens with zero attached hydrogens (tertiary/aromatic N) is 2. The van der Waals surface area contributed by atoms with Gasteiger partial charge in [0.15, 0.2) is 0 Å². The molecule has 1 fully saturated rings. The van der Waals surface area contributed by atoms with Crippen molar-refractivity contribution in [1.29, 1.82) is 5.26 Å². The first kappa shape index (κ1) is 11.1. The van der Waals surface area contributed by atoms with Crippen molar-refractivity contribution < 1.29 is 9.84 Å². The Balaban J connectivity index is 2.25. The second-order valence-electron chi connectivity index (χ2n) is 4.06. The molecule has 1 aromatic rings. The first-order chi connectivity index (χ1) is 7.78. The van der Waals surface area contributed by atoms with Gasteiger partial charge >= 0.3 is 0 Å². The second-order valence-corrected chi connectivity index (χ2v) is 4.06. The van der Waals surface area contributed by atoms with Gasteiger partial charge in [-0.1, -0.05) is 0 Å². The number of ether oxygens (including phenoxy) is 1. The molecule has 84 valence electrons. The van der Waals surface area contributed by atoms with Crippen molar-refractivity contribution in [3.63, 3.8) is 0 Å². The minimum absolute atomic E-state index is 0.537. The van der Waals surface area contributed by atoms with Gasteiger partial charge in [-0.15, -0.1) is 0 Å². The van der Waals surface area contributed by atoms with E-state index in [1.54, 1.807) is 24.5 Å². The van der Waals surface area contributed by atoms with Crippen molar-refractivity contribution in [2.24, 2.45) is 5.41 Å². The number of hydrogen-bond donors (Lipinski definition) is 1. The largest absolute Gasteiger partial charge is 0.387 e. The molecule has 0 aliphatic carbocycles. The molecule has 1 aliphatic heterocycles. The molecule has 0 aromatic carbocycles. The summed E-state index contributed by atoms with van der Waals surface area (Å²) in [5.74, 6) is 0. The average Bonchev–Trinajstić information content (AvgIpc) is 2.39. The zero-order chi connectivity index (χ0) is 11.4. The zero-order valence-corrected chi connectivity index (χ0v) is 8.97. The normalized spacial score (nSPS) is 21.0. The van der Waals surface area contributed by atoms with E-state index in [1.807, 2.05) is 0 Å². The molecule has 1 unspecified atom stereocenters. The molecule has 2 rings (SSSR count). The lowest BCUT2D eigenvalue weighted by molar-refractivity contribution is -0.0310. The smallest absolute Gasteiger partial charge is 0.0979 e. The number of pyridine rings is 1. The first-order valence-corrected chi connectivity index (χ1v) is 5.35. The third-order valence-corrected chi connectivity index (χ3v) is 3.15. The van der Waals surface area contributed by atoms with Crippen LogP contribution in [0.15, 0.2) is 24.5 Å². The van der Waals surface area contributed by atoms with E-state index in [0.717, 1.165) is 5.56 Å². The first-order valence-electron chi connectivity index (χ1n) is 5.35. The Morgan fingerprint density at radius 3 is 2.56 bits per heavy atom. The summed E-state index contributed by atoms with van der Waals surface area (Å²) in [6, 6.07) is 5.76. The van der Waals surface area contributed by atoms with Gasteiger partial charge in [0, 0.05) is 25.6 Å². The van der Waals surface area contributed by atoms with Crippen molar-refractivity contribution in [2.45, 2.75) is 18.9 Å². The van der Waals surface area contributed by atoms with Gasteiger partial charge in [0.2, 0.25) is 0 Å². The Labute approximate surface area is 94.5 Å². The molecule has 1 N–H and O–H groups in total. The van der Waals surface area contributed by atoms with Crippen LogP contribution in [0.3, 0.4) is 0 Å². The van der Waals surface area contributed by atoms with E-state index in [-0.39, 0.29) is 0 Å². The van der Waals surface area contributed by atoms with Gasteiger partial charge in [0.05, 0.1) is 17.6 Å². The van der Waals surface area contributed by atoms with Crippen molar-refractivity contribution in [1.82, 2.24) is 4.98 Å². The molecule has 4 nitrogen and oxygen atoms in total. The number of rotatable bonds is 2. The third kappa shape index (κ3) is 1.92. The third-order valence-electron chi connectivity index (χ3n) is 3.15. The minimum Gasteiger partial charge on any atom is -0.387 e. The molecule has 1 saturated heterocycles. The van der Waals surface area contributed by atoms with Crippen LogP contribution in [0.4, 0.5) is 0 Å². The van der Waals surface area contributed by atoms with E-state index < -0.39 is 11.5 Å². The average molecular weight is 218 g/mol. The molecular weight excluding hydrogens is 204 g/mol. The van der Waals surface area contributed by atoms with Crippen LogP contribution in [0.5, 0.6) is 0 Å². The maximum absolute atomic E-state index is 10.3. The maximum atomic E-state index is 10.3. The summed E-state index contributed by atoms with van der Waals surface area (Å²) in [5.41, 5.74) is 0.0398. The highest BCUT2D eigenvalue weighted by Gasteiger charge is 2.40. The van der Waals surface area contributed by atoms with E-state index >= 15 is 0 Å². The van der Waals surface area contributed by atoms with Crippen molar-refractivity contribution in [2.75, 3.05) is 13.2 Å². The predicted molar refractivity (Wildman–Crippen MR) is 57.3 cm³/mol. The van der Waals surface area contributed by atoms with Crippen LogP contribution >= 0.6 is 0 Å². The van der Waals surface area contributed by atoms with Gasteiger partial charge in [0.25, 0.3) is 0 Å². The standard InChI is InChI=1S/C12H14N2O2/c13-9-12(3-7-16-8-4-12)11(15)10-1-5-14-6-2-10/h1-2,5-6,11,15H,3-4,7-8H2. The summed E-state index contributed by atoms with van der Waals surface area (Å²) in [4.78, 5) is 3.90. The van der Waals surface area contributed by atoms with Gasteiger partial charge in [-0.25, -0.2) is 0 Å². The van der Waals surface area contributed by atoms with Crippen LogP contribution in [0.2, 0.25) is 0 Å². The van der Waals surface area contributed by atoms with Gasteiger partial charge in [-0.05, 0) is 30.5 Å². The molecule has 2 heterocycles. The molecule has 4 heteroatoms. The highest BCUT2D eigenvalue weighted by atomic mass is 16.5. The molecule has 0 radical (unpaired) electrons. The van der Waals surface area contributed by atoms with E-state index in [1.165, 1.54) is 0 Å². The highest BCUT2D eigenvalue weighted by Crippen LogP contribution is 2.41. The highest BCUT2D eigenvalue weighted by molar-refractivity contribution is 5.20. The molecular formula is C12H14N2O2. The number of aromatic nitrogens is 1. The van der Waals surface area contributed by atoms with Gasteiger partial charge in [0.1, 0.15) is 0 Å². The Hall–Kier alpha value is -1.44. The zero-order valence-electron chi connectivity index (χ0n) is 8.97. The molecule has 1 aliphatic rings. The van der Waals surface area contributed by atoms with Crippen LogP contribution < -0.4 is 0 Å². The fourth-order valence-electron chi connectivity index (χ4n) is 2.05. The number of hydrogen-bond acceptors (Lipinski definition) is 4. The molecule has 0 spiro atoms. The van der Waals surface area contributed by atoms with Crippen LogP contribution in [0.1, 0.15) is 24.5 Å². The quantitative estimate of drug-likeness (QED) is 0.815. The molecule has 0 bridgehead atoms. The molecule has 16 heavy (non-hydrogen) atoms. The Morgan fingerprint density at radius 2 is 2.00 bits per heavy atom. The van der Waals surface area contributed by atoms with Gasteiger partial charge in [-0.3, -0.25) is 4.98 Å². The number of nitriles is 1. The molecule has 0 amide bonds. The van der Waals surface area contributed by atoms with Crippen LogP contribution in [0.25, 0.3) is 0 Å². The molecule has 1 aromatic heterocycles. The van der Waals surface area contributed by atoms with Crippen molar-refractivity contribution in [3.05, 3.63) is 30.1 Å². The Kier molecular flexibility index (Phi) is 3.18. The van der Waals surface area contributed by atoms with E-state index in [9.17, 15) is 10.4 Å². The summed E-state index contributed by atoms with van der Waals surface area (Å²) >= 11 is 0. The topological polar surface area (TPSA) is 66.1 Å². The fraction of sp³-hybridized carbons (Fsp3) is 0.500. The van der Waals surface area contributed by atoms with Crippen molar-refractivity contribution in [3.8, 4) is 6.07 Å². The minimum atomic E-state index is -0.760. The SMILES string of the molecule is N#CC1(C(O)c2ccncc2)CCOCC1. The number of aliphatic hydroxyl groups is 1. The lowest BCUT2D eigenvalue weighted by atomic mass is 9.74. The van der Waals surface area contributed by atoms with Crippen molar-refractivity contribution >= 4 is 0 Å². The Morgan fingerprint density at radius 1 is 1.38 bits per heavy atom. The van der Waals surface area contributed by atoms with E-state index in [0.29, 0.717) is 26.1 Å². The summed E-state index contributed by atoms with van der Waals surface area (Å²) in [7, 11) is 0. The van der Waals surface area contributed by atoms with E-state index in [4.69, 9.17) is 4.74 Å². The summed E-state index contributed by atoms with van der Waals surface area (Å²) in [6.07, 6.45) is 3.65. The number of aliphatic hydroxyl groups excluding tert-OH is 1. The summed E-state index contributed by atoms with van der Waals surface area (Å²) < 4.78 is 5.24. The second kappa shape index (κ2) is 4.60. The maximum Gasteiger partial charge on any atom is 0.0979 e. The van der Waals surface area contributed by atoms with Crippen LogP contribution in [0, 0.1) is 16.7 Å². The van der Waals surface area contributed by atoms with E-state index in [2.05, 4.69) is 11.1 Å². The van der Waals surface area contributed by atoms with Gasteiger partial charge in [-0.2, -0.15) is 5.26 Å². The van der Waals surface area contributed by atoms with Gasteiger partial charge < -0.3 is 9.84 Å². The fourth-order valence-corrected chi connectivity index (χ4v) is 2.05. The lowest BCUT2D eigenvalue weighted by Crippen LogP contribution is -2.34. The monoisotopic (exact) mass is 218 g/mol. The summed E-state index contributed by atoms with van der Waals surface area (Å²) in [6.45, 7) is 1.07. The summed E-state index contributed by atoms with van der Waals surface area (Å²) in [5, 5.41) is 19.6. The predicted octanol–water partition coefficient (Wildman–Crippen LogP) is 1.44. The molecule has 0 saturated carbocycles. The Bertz CT molecular complexity index is 380. The van der Waals surface area contributed by atoms with Crippen LogP contribution in [-0.4, -0.2) is 23.3 Å².